The van der Waals surface area contributed by atoms with Crippen LogP contribution in [0.1, 0.15) is 23.7 Å². The smallest absolute Gasteiger partial charge is 0.257 e. The first kappa shape index (κ1) is 25.1. The zero-order valence-electron chi connectivity index (χ0n) is 20.6. The minimum atomic E-state index is -0.580. The van der Waals surface area contributed by atoms with E-state index >= 15 is 0 Å². The maximum atomic E-state index is 14.1. The summed E-state index contributed by atoms with van der Waals surface area (Å²) in [4.78, 5) is 31.1. The number of anilines is 1. The van der Waals surface area contributed by atoms with Crippen molar-refractivity contribution in [2.24, 2.45) is 0 Å². The molecule has 1 aromatic heterocycles. The second-order valence-electron chi connectivity index (χ2n) is 8.58. The van der Waals surface area contributed by atoms with Crippen molar-refractivity contribution >= 4 is 17.6 Å². The van der Waals surface area contributed by atoms with Gasteiger partial charge in [-0.1, -0.05) is 19.1 Å². The average molecular weight is 492 g/mol. The van der Waals surface area contributed by atoms with E-state index in [1.165, 1.54) is 23.1 Å². The van der Waals surface area contributed by atoms with E-state index in [4.69, 9.17) is 4.74 Å². The van der Waals surface area contributed by atoms with Gasteiger partial charge in [0.05, 0.1) is 18.4 Å². The lowest BCUT2D eigenvalue weighted by Gasteiger charge is -2.36. The maximum absolute atomic E-state index is 14.1. The van der Waals surface area contributed by atoms with Crippen LogP contribution in [0, 0.1) is 5.82 Å². The highest BCUT2D eigenvalue weighted by molar-refractivity contribution is 5.96. The number of carbonyl (C=O) groups is 2. The third kappa shape index (κ3) is 5.79. The molecule has 0 spiro atoms. The third-order valence-electron chi connectivity index (χ3n) is 6.20. The molecule has 4 rings (SSSR count). The Hall–Kier alpha value is -4.01. The van der Waals surface area contributed by atoms with E-state index in [0.29, 0.717) is 39.1 Å². The molecule has 36 heavy (non-hydrogen) atoms. The molecule has 0 saturated carbocycles. The van der Waals surface area contributed by atoms with Crippen LogP contribution in [0.5, 0.6) is 5.75 Å². The van der Waals surface area contributed by atoms with Gasteiger partial charge in [-0.3, -0.25) is 9.59 Å². The third-order valence-corrected chi connectivity index (χ3v) is 6.20. The Bertz CT molecular complexity index is 1180. The Morgan fingerprint density at radius 1 is 0.972 bits per heavy atom. The molecule has 3 aromatic rings. The number of amides is 2. The highest BCUT2D eigenvalue weighted by Gasteiger charge is 2.26. The average Bonchev–Trinajstić information content (AvgIpc) is 2.93. The number of hydrogen-bond donors (Lipinski definition) is 0. The Kier molecular flexibility index (Phi) is 8.10. The van der Waals surface area contributed by atoms with Gasteiger partial charge in [-0.2, -0.15) is 0 Å². The van der Waals surface area contributed by atoms with Crippen LogP contribution in [0.15, 0.2) is 60.7 Å². The SMILES string of the molecule is CCCN(CC(=O)N1CCN(c2ccc(-c3ccc(OC)cc3)nn2)CC1)C(=O)c1ccccc1F. The van der Waals surface area contributed by atoms with E-state index in [0.717, 1.165) is 22.8 Å². The first-order chi connectivity index (χ1) is 17.5. The van der Waals surface area contributed by atoms with Crippen molar-refractivity contribution < 1.29 is 18.7 Å². The number of nitrogens with zero attached hydrogens (tertiary/aromatic N) is 5. The number of ether oxygens (including phenoxy) is 1. The lowest BCUT2D eigenvalue weighted by atomic mass is 10.1. The monoisotopic (exact) mass is 491 g/mol. The van der Waals surface area contributed by atoms with Crippen LogP contribution in [-0.2, 0) is 4.79 Å². The fourth-order valence-electron chi connectivity index (χ4n) is 4.19. The zero-order valence-corrected chi connectivity index (χ0v) is 20.6. The van der Waals surface area contributed by atoms with Crippen LogP contribution >= 0.6 is 0 Å². The molecule has 0 radical (unpaired) electrons. The molecule has 0 unspecified atom stereocenters. The molecular formula is C27H30FN5O3. The topological polar surface area (TPSA) is 78.9 Å². The van der Waals surface area contributed by atoms with E-state index in [2.05, 4.69) is 15.1 Å². The number of carbonyl (C=O) groups excluding carboxylic acids is 2. The zero-order chi connectivity index (χ0) is 25.5. The van der Waals surface area contributed by atoms with Crippen molar-refractivity contribution in [2.45, 2.75) is 13.3 Å². The van der Waals surface area contributed by atoms with Gasteiger partial charge in [-0.05, 0) is 55.0 Å². The summed E-state index contributed by atoms with van der Waals surface area (Å²) in [5.74, 6) is 0.346. The highest BCUT2D eigenvalue weighted by atomic mass is 19.1. The Morgan fingerprint density at radius 3 is 2.31 bits per heavy atom. The standard InChI is InChI=1S/C27H30FN5O3/c1-3-14-33(27(35)22-6-4-5-7-23(22)28)19-26(34)32-17-15-31(16-18-32)25-13-12-24(29-30-25)20-8-10-21(36-2)11-9-20/h4-13H,3,14-19H2,1-2H3. The van der Waals surface area contributed by atoms with Crippen LogP contribution in [0.4, 0.5) is 10.2 Å². The maximum Gasteiger partial charge on any atom is 0.257 e. The van der Waals surface area contributed by atoms with Crippen molar-refractivity contribution in [1.29, 1.82) is 0 Å². The Labute approximate surface area is 210 Å². The Morgan fingerprint density at radius 2 is 1.69 bits per heavy atom. The van der Waals surface area contributed by atoms with Gasteiger partial charge in [-0.25, -0.2) is 4.39 Å². The van der Waals surface area contributed by atoms with E-state index in [1.54, 1.807) is 18.1 Å². The van der Waals surface area contributed by atoms with Crippen LogP contribution in [-0.4, -0.2) is 78.2 Å². The molecule has 9 heteroatoms. The fraction of sp³-hybridized carbons (Fsp3) is 0.333. The summed E-state index contributed by atoms with van der Waals surface area (Å²) in [6, 6.07) is 17.4. The van der Waals surface area contributed by atoms with Crippen molar-refractivity contribution in [3.05, 3.63) is 72.0 Å². The number of piperazine rings is 1. The summed E-state index contributed by atoms with van der Waals surface area (Å²) < 4.78 is 19.3. The van der Waals surface area contributed by atoms with Gasteiger partial charge in [0.2, 0.25) is 5.91 Å². The molecule has 1 saturated heterocycles. The lowest BCUT2D eigenvalue weighted by Crippen LogP contribution is -2.52. The van der Waals surface area contributed by atoms with Crippen LogP contribution in [0.3, 0.4) is 0 Å². The summed E-state index contributed by atoms with van der Waals surface area (Å²) in [5, 5.41) is 8.74. The summed E-state index contributed by atoms with van der Waals surface area (Å²) in [6.45, 7) is 4.47. The molecule has 1 aliphatic rings. The van der Waals surface area contributed by atoms with E-state index in [1.807, 2.05) is 43.3 Å². The lowest BCUT2D eigenvalue weighted by molar-refractivity contribution is -0.132. The molecule has 0 atom stereocenters. The normalized spacial score (nSPS) is 13.4. The molecule has 0 aliphatic carbocycles. The molecule has 2 heterocycles. The molecule has 0 N–H and O–H groups in total. The molecule has 8 nitrogen and oxygen atoms in total. The van der Waals surface area contributed by atoms with Crippen LogP contribution in [0.25, 0.3) is 11.3 Å². The van der Waals surface area contributed by atoms with Gasteiger partial charge in [-0.15, -0.1) is 10.2 Å². The first-order valence-corrected chi connectivity index (χ1v) is 12.0. The van der Waals surface area contributed by atoms with Crippen LogP contribution < -0.4 is 9.64 Å². The summed E-state index contributed by atoms with van der Waals surface area (Å²) in [7, 11) is 1.63. The second kappa shape index (κ2) is 11.6. The fourth-order valence-corrected chi connectivity index (χ4v) is 4.19. The van der Waals surface area contributed by atoms with Gasteiger partial charge in [0.25, 0.3) is 5.91 Å². The molecule has 1 aliphatic heterocycles. The number of halogens is 1. The summed E-state index contributed by atoms with van der Waals surface area (Å²) in [5.41, 5.74) is 1.71. The van der Waals surface area contributed by atoms with Crippen molar-refractivity contribution in [3.8, 4) is 17.0 Å². The highest BCUT2D eigenvalue weighted by Crippen LogP contribution is 2.22. The first-order valence-electron chi connectivity index (χ1n) is 12.0. The predicted octanol–water partition coefficient (Wildman–Crippen LogP) is 3.49. The minimum Gasteiger partial charge on any atom is -0.497 e. The summed E-state index contributed by atoms with van der Waals surface area (Å²) >= 11 is 0. The van der Waals surface area contributed by atoms with Gasteiger partial charge in [0.15, 0.2) is 5.82 Å². The van der Waals surface area contributed by atoms with Gasteiger partial charge in [0.1, 0.15) is 18.1 Å². The molecular weight excluding hydrogens is 461 g/mol. The largest absolute Gasteiger partial charge is 0.497 e. The van der Waals surface area contributed by atoms with Crippen molar-refractivity contribution in [1.82, 2.24) is 20.0 Å². The predicted molar refractivity (Wildman–Crippen MR) is 135 cm³/mol. The quantitative estimate of drug-likeness (QED) is 0.480. The number of methoxy groups -OCH3 is 1. The molecule has 0 bridgehead atoms. The molecule has 188 valence electrons. The van der Waals surface area contributed by atoms with Crippen molar-refractivity contribution in [3.63, 3.8) is 0 Å². The van der Waals surface area contributed by atoms with Crippen LogP contribution in [0.2, 0.25) is 0 Å². The molecule has 2 amide bonds. The number of benzene rings is 2. The number of hydrogen-bond acceptors (Lipinski definition) is 6. The van der Waals surface area contributed by atoms with E-state index in [-0.39, 0.29) is 18.0 Å². The van der Waals surface area contributed by atoms with E-state index in [9.17, 15) is 14.0 Å². The number of aromatic nitrogens is 2. The van der Waals surface area contributed by atoms with Gasteiger partial charge < -0.3 is 19.4 Å². The second-order valence-corrected chi connectivity index (χ2v) is 8.58. The number of rotatable bonds is 8. The summed E-state index contributed by atoms with van der Waals surface area (Å²) in [6.07, 6.45) is 0.673. The Balaban J connectivity index is 1.34. The minimum absolute atomic E-state index is 0.0137. The van der Waals surface area contributed by atoms with Gasteiger partial charge in [0, 0.05) is 38.3 Å². The van der Waals surface area contributed by atoms with E-state index < -0.39 is 11.7 Å². The molecule has 2 aromatic carbocycles. The molecule has 1 fully saturated rings. The van der Waals surface area contributed by atoms with Crippen molar-refractivity contribution in [2.75, 3.05) is 51.3 Å². The van der Waals surface area contributed by atoms with Gasteiger partial charge >= 0.3 is 0 Å².